The number of thiophene rings is 1. The Hall–Kier alpha value is 0.200. The summed E-state index contributed by atoms with van der Waals surface area (Å²) in [6.07, 6.45) is 5.47. The Balaban J connectivity index is 0.00000133. The van der Waals surface area contributed by atoms with Crippen LogP contribution in [0.1, 0.15) is 31.2 Å². The third kappa shape index (κ3) is 4.61. The fourth-order valence-electron chi connectivity index (χ4n) is 2.62. The highest BCUT2D eigenvalue weighted by atomic mass is 35.5. The van der Waals surface area contributed by atoms with Crippen LogP contribution in [-0.2, 0) is 6.54 Å². The van der Waals surface area contributed by atoms with Crippen LogP contribution >= 0.6 is 35.3 Å². The van der Waals surface area contributed by atoms with Gasteiger partial charge in [0, 0.05) is 12.6 Å². The van der Waals surface area contributed by atoms with Crippen LogP contribution < -0.4 is 5.32 Å². The summed E-state index contributed by atoms with van der Waals surface area (Å²) in [7, 11) is 0. The topological polar surface area (TPSA) is 15.3 Å². The van der Waals surface area contributed by atoms with Gasteiger partial charge in [-0.2, -0.15) is 0 Å². The summed E-state index contributed by atoms with van der Waals surface area (Å²) < 4.78 is 0.962. The highest BCUT2D eigenvalue weighted by Crippen LogP contribution is 2.28. The molecule has 2 heterocycles. The minimum absolute atomic E-state index is 0. The van der Waals surface area contributed by atoms with Crippen molar-refractivity contribution in [2.24, 2.45) is 5.92 Å². The molecule has 1 saturated carbocycles. The quantitative estimate of drug-likeness (QED) is 0.888. The predicted molar refractivity (Wildman–Crippen MR) is 85.6 cm³/mol. The Morgan fingerprint density at radius 1 is 1.26 bits per heavy atom. The van der Waals surface area contributed by atoms with Crippen molar-refractivity contribution < 1.29 is 0 Å². The smallest absolute Gasteiger partial charge is 0.0973 e. The molecule has 1 aliphatic carbocycles. The largest absolute Gasteiger partial charge is 0.314 e. The molecule has 0 atom stereocenters. The second-order valence-corrected chi connectivity index (χ2v) is 7.14. The van der Waals surface area contributed by atoms with Crippen molar-refractivity contribution in [2.75, 3.05) is 19.6 Å². The minimum Gasteiger partial charge on any atom is -0.314 e. The van der Waals surface area contributed by atoms with E-state index in [0.717, 1.165) is 22.8 Å². The van der Waals surface area contributed by atoms with Crippen LogP contribution in [0.15, 0.2) is 11.4 Å². The van der Waals surface area contributed by atoms with Gasteiger partial charge in [-0.25, -0.2) is 0 Å². The van der Waals surface area contributed by atoms with Gasteiger partial charge in [0.05, 0.1) is 4.34 Å². The molecule has 0 bridgehead atoms. The van der Waals surface area contributed by atoms with Crippen LogP contribution in [0.25, 0.3) is 0 Å². The molecule has 2 fully saturated rings. The van der Waals surface area contributed by atoms with E-state index in [1.165, 1.54) is 50.9 Å². The second-order valence-electron chi connectivity index (χ2n) is 5.62. The highest BCUT2D eigenvalue weighted by Gasteiger charge is 2.24. The van der Waals surface area contributed by atoms with E-state index >= 15 is 0 Å². The molecule has 19 heavy (non-hydrogen) atoms. The lowest BCUT2D eigenvalue weighted by Gasteiger charge is -2.32. The van der Waals surface area contributed by atoms with Crippen LogP contribution in [0, 0.1) is 5.92 Å². The number of piperidine rings is 1. The van der Waals surface area contributed by atoms with Crippen LogP contribution in [-0.4, -0.2) is 30.6 Å². The van der Waals surface area contributed by atoms with E-state index in [0.29, 0.717) is 0 Å². The van der Waals surface area contributed by atoms with Crippen LogP contribution in [0.2, 0.25) is 4.34 Å². The Morgan fingerprint density at radius 2 is 2.00 bits per heavy atom. The third-order valence-corrected chi connectivity index (χ3v) is 5.32. The lowest BCUT2D eigenvalue weighted by Crippen LogP contribution is -2.42. The van der Waals surface area contributed by atoms with Crippen molar-refractivity contribution in [3.05, 3.63) is 21.3 Å². The highest BCUT2D eigenvalue weighted by molar-refractivity contribution is 7.14. The Kier molecular flexibility index (Phi) is 5.97. The van der Waals surface area contributed by atoms with Gasteiger partial charge in [0.2, 0.25) is 0 Å². The number of nitrogens with one attached hydrogen (secondary N) is 1. The second kappa shape index (κ2) is 7.28. The summed E-state index contributed by atoms with van der Waals surface area (Å²) in [5, 5.41) is 5.81. The molecule has 0 amide bonds. The van der Waals surface area contributed by atoms with Crippen molar-refractivity contribution in [1.82, 2.24) is 10.2 Å². The molecular formula is C14H22Cl2N2S. The summed E-state index contributed by atoms with van der Waals surface area (Å²) in [6.45, 7) is 4.68. The molecular weight excluding hydrogens is 299 g/mol. The van der Waals surface area contributed by atoms with Gasteiger partial charge >= 0.3 is 0 Å². The van der Waals surface area contributed by atoms with Crippen molar-refractivity contribution in [3.8, 4) is 0 Å². The Bertz CT molecular complexity index is 385. The van der Waals surface area contributed by atoms with E-state index in [9.17, 15) is 0 Å². The van der Waals surface area contributed by atoms with E-state index in [-0.39, 0.29) is 12.4 Å². The summed E-state index contributed by atoms with van der Waals surface area (Å²) in [5.74, 6) is 0.993. The first-order chi connectivity index (χ1) is 8.81. The van der Waals surface area contributed by atoms with Crippen molar-refractivity contribution >= 4 is 35.3 Å². The average molecular weight is 321 g/mol. The molecule has 0 unspecified atom stereocenters. The van der Waals surface area contributed by atoms with Gasteiger partial charge in [0.25, 0.3) is 0 Å². The summed E-state index contributed by atoms with van der Waals surface area (Å²) in [5.41, 5.74) is 1.30. The number of likely N-dealkylation sites (tertiary alicyclic amines) is 1. The van der Waals surface area contributed by atoms with E-state index < -0.39 is 0 Å². The molecule has 108 valence electrons. The summed E-state index contributed by atoms with van der Waals surface area (Å²) in [6, 6.07) is 2.91. The predicted octanol–water partition coefficient (Wildman–Crippen LogP) is 3.79. The molecule has 1 aliphatic heterocycles. The van der Waals surface area contributed by atoms with Gasteiger partial charge in [-0.05, 0) is 68.2 Å². The molecule has 1 N–H and O–H groups in total. The maximum absolute atomic E-state index is 6.16. The molecule has 3 rings (SSSR count). The zero-order chi connectivity index (χ0) is 12.4. The van der Waals surface area contributed by atoms with E-state index in [1.807, 2.05) is 0 Å². The molecule has 2 nitrogen and oxygen atoms in total. The fraction of sp³-hybridized carbons (Fsp3) is 0.714. The van der Waals surface area contributed by atoms with Gasteiger partial charge in [0.1, 0.15) is 0 Å². The Morgan fingerprint density at radius 3 is 2.58 bits per heavy atom. The third-order valence-electron chi connectivity index (χ3n) is 4.07. The molecule has 0 radical (unpaired) electrons. The summed E-state index contributed by atoms with van der Waals surface area (Å²) in [4.78, 5) is 2.53. The molecule has 5 heteroatoms. The zero-order valence-electron chi connectivity index (χ0n) is 11.1. The lowest BCUT2D eigenvalue weighted by molar-refractivity contribution is 0.190. The summed E-state index contributed by atoms with van der Waals surface area (Å²) >= 11 is 7.80. The zero-order valence-corrected chi connectivity index (χ0v) is 13.5. The number of nitrogens with zero attached hydrogens (tertiary/aromatic N) is 1. The van der Waals surface area contributed by atoms with Crippen LogP contribution in [0.5, 0.6) is 0 Å². The number of hydrogen-bond acceptors (Lipinski definition) is 3. The van der Waals surface area contributed by atoms with E-state index in [1.54, 1.807) is 11.3 Å². The standard InChI is InChI=1S/C14H21ClN2S.ClH/c15-14-12(5-8-18-14)10-17-6-3-13(4-7-17)16-9-11-1-2-11;/h5,8,11,13,16H,1-4,6-7,9-10H2;1H. The number of hydrogen-bond donors (Lipinski definition) is 1. The lowest BCUT2D eigenvalue weighted by atomic mass is 10.0. The molecule has 1 aromatic rings. The van der Waals surface area contributed by atoms with Gasteiger partial charge in [-0.3, -0.25) is 4.90 Å². The maximum Gasteiger partial charge on any atom is 0.0973 e. The van der Waals surface area contributed by atoms with Crippen molar-refractivity contribution in [3.63, 3.8) is 0 Å². The van der Waals surface area contributed by atoms with Crippen molar-refractivity contribution in [1.29, 1.82) is 0 Å². The molecule has 2 aliphatic rings. The first-order valence-corrected chi connectivity index (χ1v) is 8.24. The van der Waals surface area contributed by atoms with Gasteiger partial charge < -0.3 is 5.32 Å². The first-order valence-electron chi connectivity index (χ1n) is 6.99. The van der Waals surface area contributed by atoms with Gasteiger partial charge in [-0.15, -0.1) is 23.7 Å². The van der Waals surface area contributed by atoms with E-state index in [2.05, 4.69) is 21.7 Å². The Labute approximate surface area is 130 Å². The average Bonchev–Trinajstić information content (AvgIpc) is 3.13. The molecule has 1 saturated heterocycles. The van der Waals surface area contributed by atoms with Gasteiger partial charge in [0.15, 0.2) is 0 Å². The molecule has 0 spiro atoms. The van der Waals surface area contributed by atoms with E-state index in [4.69, 9.17) is 11.6 Å². The van der Waals surface area contributed by atoms with Crippen molar-refractivity contribution in [2.45, 2.75) is 38.3 Å². The molecule has 0 aromatic carbocycles. The maximum atomic E-state index is 6.16. The number of halogens is 2. The van der Waals surface area contributed by atoms with Crippen LogP contribution in [0.4, 0.5) is 0 Å². The fourth-order valence-corrected chi connectivity index (χ4v) is 3.54. The minimum atomic E-state index is 0. The molecule has 1 aromatic heterocycles. The van der Waals surface area contributed by atoms with Gasteiger partial charge in [-0.1, -0.05) is 11.6 Å². The normalized spacial score (nSPS) is 21.3. The number of rotatable bonds is 5. The SMILES string of the molecule is Cl.Clc1sccc1CN1CCC(NCC2CC2)CC1. The monoisotopic (exact) mass is 320 g/mol. The van der Waals surface area contributed by atoms with Crippen LogP contribution in [0.3, 0.4) is 0 Å². The first kappa shape index (κ1) is 15.6.